The van der Waals surface area contributed by atoms with E-state index >= 15 is 0 Å². The number of thioether (sulfide) groups is 1. The van der Waals surface area contributed by atoms with E-state index in [9.17, 15) is 0 Å². The molecule has 3 nitrogen and oxygen atoms in total. The minimum absolute atomic E-state index is 0.629. The van der Waals surface area contributed by atoms with Gasteiger partial charge in [-0.3, -0.25) is 5.41 Å². The zero-order chi connectivity index (χ0) is 9.26. The van der Waals surface area contributed by atoms with Gasteiger partial charge in [0, 0.05) is 23.7 Å². The molecule has 1 aliphatic heterocycles. The number of hydrogen-bond donors (Lipinski definition) is 2. The number of amidine groups is 1. The van der Waals surface area contributed by atoms with Gasteiger partial charge in [-0.15, -0.1) is 0 Å². The first-order valence-electron chi connectivity index (χ1n) is 4.12. The number of nitrogens with one attached hydrogen (secondary N) is 1. The Morgan fingerprint density at radius 3 is 2.54 bits per heavy atom. The Balaban J connectivity index is 2.25. The lowest BCUT2D eigenvalue weighted by atomic mass is 10.2. The SMILES string of the molecule is N=C1SCCN1c1ccc(N)cc1. The Bertz CT molecular complexity index is 320. The van der Waals surface area contributed by atoms with Crippen LogP contribution in [0.1, 0.15) is 0 Å². The molecule has 1 fully saturated rings. The molecule has 13 heavy (non-hydrogen) atoms. The van der Waals surface area contributed by atoms with Gasteiger partial charge in [0.2, 0.25) is 0 Å². The van der Waals surface area contributed by atoms with E-state index in [0.717, 1.165) is 23.7 Å². The second kappa shape index (κ2) is 3.30. The lowest BCUT2D eigenvalue weighted by Gasteiger charge is -2.16. The average molecular weight is 193 g/mol. The predicted octanol–water partition coefficient (Wildman–Crippen LogP) is 1.76. The first-order valence-corrected chi connectivity index (χ1v) is 5.10. The van der Waals surface area contributed by atoms with E-state index in [0.29, 0.717) is 5.17 Å². The fraction of sp³-hybridized carbons (Fsp3) is 0.222. The molecule has 0 spiro atoms. The number of benzene rings is 1. The molecule has 0 saturated carbocycles. The lowest BCUT2D eigenvalue weighted by molar-refractivity contribution is 1.10. The van der Waals surface area contributed by atoms with Crippen molar-refractivity contribution >= 4 is 28.3 Å². The highest BCUT2D eigenvalue weighted by Gasteiger charge is 2.18. The smallest absolute Gasteiger partial charge is 0.160 e. The van der Waals surface area contributed by atoms with Crippen LogP contribution >= 0.6 is 11.8 Å². The zero-order valence-corrected chi connectivity index (χ0v) is 7.97. The number of nitrogens with two attached hydrogens (primary N) is 1. The van der Waals surface area contributed by atoms with Gasteiger partial charge in [0.25, 0.3) is 0 Å². The minimum atomic E-state index is 0.629. The van der Waals surface area contributed by atoms with E-state index in [1.807, 2.05) is 29.2 Å². The summed E-state index contributed by atoms with van der Waals surface area (Å²) in [7, 11) is 0. The molecule has 0 bridgehead atoms. The molecule has 0 atom stereocenters. The van der Waals surface area contributed by atoms with Crippen LogP contribution in [0.2, 0.25) is 0 Å². The number of rotatable bonds is 1. The van der Waals surface area contributed by atoms with Gasteiger partial charge in [-0.05, 0) is 24.3 Å². The van der Waals surface area contributed by atoms with Crippen LogP contribution in [-0.2, 0) is 0 Å². The van der Waals surface area contributed by atoms with E-state index in [1.165, 1.54) is 0 Å². The Morgan fingerprint density at radius 2 is 2.00 bits per heavy atom. The van der Waals surface area contributed by atoms with Crippen LogP contribution in [-0.4, -0.2) is 17.5 Å². The van der Waals surface area contributed by atoms with Gasteiger partial charge >= 0.3 is 0 Å². The molecule has 0 unspecified atom stereocenters. The summed E-state index contributed by atoms with van der Waals surface area (Å²) in [6.45, 7) is 0.924. The molecule has 68 valence electrons. The molecule has 0 aliphatic carbocycles. The highest BCUT2D eigenvalue weighted by Crippen LogP contribution is 2.24. The first-order chi connectivity index (χ1) is 6.27. The monoisotopic (exact) mass is 193 g/mol. The van der Waals surface area contributed by atoms with Crippen LogP contribution < -0.4 is 10.6 Å². The normalized spacial score (nSPS) is 16.6. The van der Waals surface area contributed by atoms with Crippen molar-refractivity contribution < 1.29 is 0 Å². The van der Waals surface area contributed by atoms with Crippen molar-refractivity contribution in [2.75, 3.05) is 22.9 Å². The molecule has 0 radical (unpaired) electrons. The Hall–Kier alpha value is -1.16. The molecule has 1 aromatic rings. The molecule has 1 saturated heterocycles. The van der Waals surface area contributed by atoms with Crippen LogP contribution in [0, 0.1) is 5.41 Å². The summed E-state index contributed by atoms with van der Waals surface area (Å²) in [4.78, 5) is 1.99. The van der Waals surface area contributed by atoms with Gasteiger partial charge < -0.3 is 10.6 Å². The molecule has 1 heterocycles. The molecule has 1 aliphatic rings. The maximum absolute atomic E-state index is 7.65. The average Bonchev–Trinajstić information content (AvgIpc) is 2.53. The summed E-state index contributed by atoms with van der Waals surface area (Å²) in [6, 6.07) is 7.64. The third-order valence-electron chi connectivity index (χ3n) is 2.00. The van der Waals surface area contributed by atoms with E-state index < -0.39 is 0 Å². The fourth-order valence-corrected chi connectivity index (χ4v) is 2.13. The highest BCUT2D eigenvalue weighted by atomic mass is 32.2. The Kier molecular flexibility index (Phi) is 2.14. The van der Waals surface area contributed by atoms with Crippen molar-refractivity contribution in [1.82, 2.24) is 0 Å². The van der Waals surface area contributed by atoms with E-state index in [4.69, 9.17) is 11.1 Å². The predicted molar refractivity (Wildman–Crippen MR) is 58.4 cm³/mol. The van der Waals surface area contributed by atoms with E-state index in [1.54, 1.807) is 11.8 Å². The van der Waals surface area contributed by atoms with Gasteiger partial charge in [-0.1, -0.05) is 11.8 Å². The lowest BCUT2D eigenvalue weighted by Crippen LogP contribution is -2.22. The summed E-state index contributed by atoms with van der Waals surface area (Å²) < 4.78 is 0. The highest BCUT2D eigenvalue weighted by molar-refractivity contribution is 8.14. The van der Waals surface area contributed by atoms with Crippen molar-refractivity contribution in [2.24, 2.45) is 0 Å². The molecule has 0 aromatic heterocycles. The van der Waals surface area contributed by atoms with Crippen molar-refractivity contribution in [1.29, 1.82) is 5.41 Å². The molecule has 3 N–H and O–H groups in total. The van der Waals surface area contributed by atoms with Gasteiger partial charge in [0.05, 0.1) is 0 Å². The zero-order valence-electron chi connectivity index (χ0n) is 7.16. The number of hydrogen-bond acceptors (Lipinski definition) is 3. The standard InChI is InChI=1S/C9H11N3S/c10-7-1-3-8(4-2-7)12-5-6-13-9(12)11/h1-4,11H,5-6,10H2. The summed E-state index contributed by atoms with van der Waals surface area (Å²) in [5, 5.41) is 8.28. The van der Waals surface area contributed by atoms with Crippen LogP contribution in [0.4, 0.5) is 11.4 Å². The molecule has 2 rings (SSSR count). The largest absolute Gasteiger partial charge is 0.399 e. The third kappa shape index (κ3) is 1.62. The van der Waals surface area contributed by atoms with Crippen LogP contribution in [0.15, 0.2) is 24.3 Å². The van der Waals surface area contributed by atoms with Crippen LogP contribution in [0.25, 0.3) is 0 Å². The summed E-state index contributed by atoms with van der Waals surface area (Å²) in [5.41, 5.74) is 7.41. The Morgan fingerprint density at radius 1 is 1.31 bits per heavy atom. The number of anilines is 2. The fourth-order valence-electron chi connectivity index (χ4n) is 1.31. The minimum Gasteiger partial charge on any atom is -0.399 e. The van der Waals surface area contributed by atoms with E-state index in [-0.39, 0.29) is 0 Å². The Labute approximate surface area is 81.4 Å². The summed E-state index contributed by atoms with van der Waals surface area (Å²) >= 11 is 1.58. The van der Waals surface area contributed by atoms with Gasteiger partial charge in [-0.2, -0.15) is 0 Å². The van der Waals surface area contributed by atoms with Crippen molar-refractivity contribution in [2.45, 2.75) is 0 Å². The van der Waals surface area contributed by atoms with Crippen molar-refractivity contribution in [3.8, 4) is 0 Å². The number of nitrogen functional groups attached to an aromatic ring is 1. The molecular formula is C9H11N3S. The second-order valence-electron chi connectivity index (χ2n) is 2.90. The van der Waals surface area contributed by atoms with Crippen LogP contribution in [0.3, 0.4) is 0 Å². The molecule has 1 aromatic carbocycles. The maximum atomic E-state index is 7.65. The van der Waals surface area contributed by atoms with E-state index in [2.05, 4.69) is 0 Å². The number of nitrogens with zero attached hydrogens (tertiary/aromatic N) is 1. The van der Waals surface area contributed by atoms with Gasteiger partial charge in [0.15, 0.2) is 5.17 Å². The van der Waals surface area contributed by atoms with Gasteiger partial charge in [0.1, 0.15) is 0 Å². The molecule has 4 heteroatoms. The summed E-state index contributed by atoms with van der Waals surface area (Å²) in [5.74, 6) is 1.00. The third-order valence-corrected chi connectivity index (χ3v) is 2.88. The quantitative estimate of drug-likeness (QED) is 0.668. The van der Waals surface area contributed by atoms with Crippen molar-refractivity contribution in [3.63, 3.8) is 0 Å². The van der Waals surface area contributed by atoms with Crippen molar-refractivity contribution in [3.05, 3.63) is 24.3 Å². The molecular weight excluding hydrogens is 182 g/mol. The maximum Gasteiger partial charge on any atom is 0.160 e. The topological polar surface area (TPSA) is 53.1 Å². The van der Waals surface area contributed by atoms with Crippen LogP contribution in [0.5, 0.6) is 0 Å². The van der Waals surface area contributed by atoms with Gasteiger partial charge in [-0.25, -0.2) is 0 Å². The molecule has 0 amide bonds. The first kappa shape index (κ1) is 8.44. The second-order valence-corrected chi connectivity index (χ2v) is 3.98. The summed E-state index contributed by atoms with van der Waals surface area (Å²) in [6.07, 6.45) is 0.